The lowest BCUT2D eigenvalue weighted by Gasteiger charge is -1.96. The van der Waals surface area contributed by atoms with Gasteiger partial charge in [0.2, 0.25) is 0 Å². The van der Waals surface area contributed by atoms with Crippen LogP contribution in [0, 0.1) is 6.92 Å². The maximum Gasteiger partial charge on any atom is 0.0886 e. The van der Waals surface area contributed by atoms with Crippen LogP contribution < -0.4 is 0 Å². The summed E-state index contributed by atoms with van der Waals surface area (Å²) in [5.74, 6) is 0. The molecule has 83 valence electrons. The summed E-state index contributed by atoms with van der Waals surface area (Å²) >= 11 is 0. The molecule has 4 heteroatoms. The molecule has 0 saturated carbocycles. The van der Waals surface area contributed by atoms with Gasteiger partial charge in [-0.1, -0.05) is 24.6 Å². The number of nitrogens with zero attached hydrogens (tertiary/aromatic N) is 4. The molecule has 2 heterocycles. The fourth-order valence-corrected chi connectivity index (χ4v) is 1.49. The van der Waals surface area contributed by atoms with Crippen LogP contribution in [0.3, 0.4) is 0 Å². The molecule has 0 bridgehead atoms. The van der Waals surface area contributed by atoms with Gasteiger partial charge in [-0.05, 0) is 18.6 Å². The van der Waals surface area contributed by atoms with Gasteiger partial charge in [-0.2, -0.15) is 0 Å². The van der Waals surface area contributed by atoms with E-state index in [0.717, 1.165) is 37.2 Å². The maximum atomic E-state index is 4.26. The number of aromatic nitrogens is 4. The molecule has 0 N–H and O–H groups in total. The minimum Gasteiger partial charge on any atom is -0.261 e. The van der Waals surface area contributed by atoms with Crippen molar-refractivity contribution in [2.24, 2.45) is 0 Å². The molecular formula is C12H15N4. The van der Waals surface area contributed by atoms with E-state index in [9.17, 15) is 0 Å². The number of hydrogen-bond acceptors (Lipinski definition) is 3. The van der Waals surface area contributed by atoms with E-state index in [-0.39, 0.29) is 0 Å². The van der Waals surface area contributed by atoms with Crippen molar-refractivity contribution < 1.29 is 0 Å². The van der Waals surface area contributed by atoms with E-state index >= 15 is 0 Å². The summed E-state index contributed by atoms with van der Waals surface area (Å²) < 4.78 is 1.86. The average Bonchev–Trinajstić information content (AvgIpc) is 2.75. The number of pyridine rings is 1. The van der Waals surface area contributed by atoms with Crippen LogP contribution in [0.2, 0.25) is 0 Å². The topological polar surface area (TPSA) is 43.6 Å². The zero-order valence-electron chi connectivity index (χ0n) is 9.21. The third-order valence-corrected chi connectivity index (χ3v) is 2.31. The Labute approximate surface area is 95.3 Å². The Morgan fingerprint density at radius 3 is 2.94 bits per heavy atom. The summed E-state index contributed by atoms with van der Waals surface area (Å²) in [5.41, 5.74) is 1.98. The number of rotatable bonds is 5. The molecule has 0 aliphatic carbocycles. The summed E-state index contributed by atoms with van der Waals surface area (Å²) in [4.78, 5) is 4.26. The van der Waals surface area contributed by atoms with Gasteiger partial charge >= 0.3 is 0 Å². The van der Waals surface area contributed by atoms with Gasteiger partial charge in [-0.3, -0.25) is 9.67 Å². The molecule has 0 aliphatic heterocycles. The van der Waals surface area contributed by atoms with Gasteiger partial charge < -0.3 is 0 Å². The molecular weight excluding hydrogens is 200 g/mol. The largest absolute Gasteiger partial charge is 0.261 e. The lowest BCUT2D eigenvalue weighted by Crippen LogP contribution is -1.97. The molecule has 0 fully saturated rings. The van der Waals surface area contributed by atoms with E-state index in [1.165, 1.54) is 0 Å². The van der Waals surface area contributed by atoms with E-state index in [4.69, 9.17) is 0 Å². The van der Waals surface area contributed by atoms with Crippen molar-refractivity contribution in [3.63, 3.8) is 0 Å². The Bertz CT molecular complexity index is 422. The third kappa shape index (κ3) is 2.89. The van der Waals surface area contributed by atoms with Gasteiger partial charge in [0.15, 0.2) is 0 Å². The summed E-state index contributed by atoms with van der Waals surface area (Å²) in [6, 6.07) is 5.89. The maximum absolute atomic E-state index is 4.26. The quantitative estimate of drug-likeness (QED) is 0.764. The second-order valence-corrected chi connectivity index (χ2v) is 3.68. The molecule has 2 aromatic heterocycles. The predicted molar refractivity (Wildman–Crippen MR) is 61.7 cm³/mol. The smallest absolute Gasteiger partial charge is 0.0886 e. The molecule has 16 heavy (non-hydrogen) atoms. The highest BCUT2D eigenvalue weighted by Crippen LogP contribution is 2.03. The molecule has 0 atom stereocenters. The first-order valence-corrected chi connectivity index (χ1v) is 5.46. The van der Waals surface area contributed by atoms with Crippen molar-refractivity contribution in [2.75, 3.05) is 0 Å². The van der Waals surface area contributed by atoms with Gasteiger partial charge in [-0.15, -0.1) is 5.10 Å². The molecule has 0 aromatic carbocycles. The molecule has 0 amide bonds. The van der Waals surface area contributed by atoms with Crippen LogP contribution in [-0.4, -0.2) is 20.0 Å². The lowest BCUT2D eigenvalue weighted by atomic mass is 10.2. The Morgan fingerprint density at radius 2 is 2.19 bits per heavy atom. The van der Waals surface area contributed by atoms with E-state index in [1.54, 1.807) is 6.20 Å². The summed E-state index contributed by atoms with van der Waals surface area (Å²) in [6.07, 6.45) is 6.47. The Morgan fingerprint density at radius 1 is 1.25 bits per heavy atom. The van der Waals surface area contributed by atoms with Crippen molar-refractivity contribution in [2.45, 2.75) is 25.8 Å². The molecule has 0 saturated heterocycles. The first-order valence-electron chi connectivity index (χ1n) is 5.46. The van der Waals surface area contributed by atoms with Crippen molar-refractivity contribution >= 4 is 0 Å². The SMILES string of the molecule is [CH2]CCCn1cc(Cc2ccccn2)nn1. The number of hydrogen-bond donors (Lipinski definition) is 0. The molecule has 4 nitrogen and oxygen atoms in total. The van der Waals surface area contributed by atoms with Crippen molar-refractivity contribution in [3.8, 4) is 0 Å². The number of aryl methyl sites for hydroxylation is 1. The highest BCUT2D eigenvalue weighted by atomic mass is 15.4. The highest BCUT2D eigenvalue weighted by molar-refractivity contribution is 5.11. The standard InChI is InChI=1S/C12H15N4/c1-2-3-8-16-10-12(14-15-16)9-11-6-4-5-7-13-11/h4-7,10H,1-3,8-9H2. The first-order chi connectivity index (χ1) is 7.88. The van der Waals surface area contributed by atoms with Gasteiger partial charge in [0.1, 0.15) is 0 Å². The van der Waals surface area contributed by atoms with Crippen LogP contribution >= 0.6 is 0 Å². The normalized spacial score (nSPS) is 10.6. The Kier molecular flexibility index (Phi) is 3.64. The number of unbranched alkanes of at least 4 members (excludes halogenated alkanes) is 1. The van der Waals surface area contributed by atoms with Crippen LogP contribution in [0.1, 0.15) is 24.2 Å². The van der Waals surface area contributed by atoms with E-state index < -0.39 is 0 Å². The fourth-order valence-electron chi connectivity index (χ4n) is 1.49. The Balaban J connectivity index is 1.97. The lowest BCUT2D eigenvalue weighted by molar-refractivity contribution is 0.562. The minimum absolute atomic E-state index is 0.741. The Hall–Kier alpha value is -1.71. The summed E-state index contributed by atoms with van der Waals surface area (Å²) in [6.45, 7) is 4.69. The molecule has 2 aromatic rings. The average molecular weight is 215 g/mol. The zero-order valence-corrected chi connectivity index (χ0v) is 9.21. The fraction of sp³-hybridized carbons (Fsp3) is 0.333. The second kappa shape index (κ2) is 5.39. The zero-order chi connectivity index (χ0) is 11.2. The minimum atomic E-state index is 0.741. The van der Waals surface area contributed by atoms with Crippen molar-refractivity contribution in [3.05, 3.63) is 48.9 Å². The van der Waals surface area contributed by atoms with Crippen molar-refractivity contribution in [1.29, 1.82) is 0 Å². The molecule has 0 unspecified atom stereocenters. The van der Waals surface area contributed by atoms with Gasteiger partial charge in [-0.25, -0.2) is 0 Å². The van der Waals surface area contributed by atoms with Crippen LogP contribution in [0.5, 0.6) is 0 Å². The van der Waals surface area contributed by atoms with E-state index in [0.29, 0.717) is 0 Å². The van der Waals surface area contributed by atoms with Crippen LogP contribution in [0.15, 0.2) is 30.6 Å². The molecule has 2 rings (SSSR count). The van der Waals surface area contributed by atoms with Crippen LogP contribution in [0.4, 0.5) is 0 Å². The summed E-state index contributed by atoms with van der Waals surface area (Å²) in [7, 11) is 0. The van der Waals surface area contributed by atoms with E-state index in [2.05, 4.69) is 22.2 Å². The second-order valence-electron chi connectivity index (χ2n) is 3.68. The molecule has 0 spiro atoms. The first kappa shape index (κ1) is 10.8. The van der Waals surface area contributed by atoms with Gasteiger partial charge in [0.25, 0.3) is 0 Å². The highest BCUT2D eigenvalue weighted by Gasteiger charge is 2.02. The third-order valence-electron chi connectivity index (χ3n) is 2.31. The van der Waals surface area contributed by atoms with E-state index in [1.807, 2.05) is 29.1 Å². The monoisotopic (exact) mass is 215 g/mol. The predicted octanol–water partition coefficient (Wildman–Crippen LogP) is 1.88. The van der Waals surface area contributed by atoms with Gasteiger partial charge in [0.05, 0.1) is 5.69 Å². The molecule has 1 radical (unpaired) electrons. The van der Waals surface area contributed by atoms with Gasteiger partial charge in [0, 0.05) is 31.1 Å². The van der Waals surface area contributed by atoms with Crippen LogP contribution in [0.25, 0.3) is 0 Å². The summed E-state index contributed by atoms with van der Waals surface area (Å²) in [5, 5.41) is 8.18. The van der Waals surface area contributed by atoms with Crippen molar-refractivity contribution in [1.82, 2.24) is 20.0 Å². The van der Waals surface area contributed by atoms with Crippen LogP contribution in [-0.2, 0) is 13.0 Å². The molecule has 0 aliphatic rings.